The van der Waals surface area contributed by atoms with E-state index in [-0.39, 0.29) is 0 Å². The van der Waals surface area contributed by atoms with Crippen molar-refractivity contribution in [1.29, 1.82) is 0 Å². The predicted molar refractivity (Wildman–Crippen MR) is 73.0 cm³/mol. The van der Waals surface area contributed by atoms with E-state index in [1.165, 1.54) is 5.56 Å². The highest BCUT2D eigenvalue weighted by Gasteiger charge is 2.09. The van der Waals surface area contributed by atoms with Gasteiger partial charge in [0.1, 0.15) is 11.6 Å². The lowest BCUT2D eigenvalue weighted by Crippen LogP contribution is -2.20. The monoisotopic (exact) mass is 245 g/mol. The molecule has 18 heavy (non-hydrogen) atoms. The maximum Gasteiger partial charge on any atom is 0.124 e. The number of hydrogen-bond donors (Lipinski definition) is 1. The first-order valence-corrected chi connectivity index (χ1v) is 6.07. The van der Waals surface area contributed by atoms with E-state index < -0.39 is 0 Å². The Bertz CT molecular complexity index is 507. The predicted octanol–water partition coefficient (Wildman–Crippen LogP) is 2.47. The summed E-state index contributed by atoms with van der Waals surface area (Å²) >= 11 is 0. The van der Waals surface area contributed by atoms with Gasteiger partial charge in [0.2, 0.25) is 0 Å². The maximum atomic E-state index is 5.36. The van der Waals surface area contributed by atoms with Gasteiger partial charge in [-0.05, 0) is 25.0 Å². The van der Waals surface area contributed by atoms with Crippen LogP contribution in [0.4, 0.5) is 5.82 Å². The summed E-state index contributed by atoms with van der Waals surface area (Å²) in [5, 5.41) is 7.57. The van der Waals surface area contributed by atoms with E-state index in [1.54, 1.807) is 13.3 Å². The number of nitrogens with one attached hydrogen (secondary N) is 1. The molecule has 0 saturated carbocycles. The van der Waals surface area contributed by atoms with E-state index in [0.29, 0.717) is 6.04 Å². The number of aromatic nitrogens is 2. The number of ether oxygens (including phenoxy) is 1. The van der Waals surface area contributed by atoms with Crippen molar-refractivity contribution in [3.63, 3.8) is 0 Å². The summed E-state index contributed by atoms with van der Waals surface area (Å²) in [6.45, 7) is 2.15. The average molecular weight is 245 g/mol. The number of nitrogens with zero attached hydrogens (tertiary/aromatic N) is 2. The van der Waals surface area contributed by atoms with Gasteiger partial charge in [0.25, 0.3) is 0 Å². The second-order valence-electron chi connectivity index (χ2n) is 4.40. The third kappa shape index (κ3) is 2.83. The molecule has 96 valence electrons. The first-order chi connectivity index (χ1) is 8.70. The topological polar surface area (TPSA) is 39.1 Å². The van der Waals surface area contributed by atoms with Crippen LogP contribution < -0.4 is 10.1 Å². The summed E-state index contributed by atoms with van der Waals surface area (Å²) in [6.07, 6.45) is 2.70. The standard InChI is InChI=1S/C14H19N3O/c1-11(16-14-8-9-15-17(14)2)10-12-6-4-5-7-13(12)18-3/h4-9,11,16H,10H2,1-3H3/t11-/m1/s1. The maximum absolute atomic E-state index is 5.36. The zero-order chi connectivity index (χ0) is 13.0. The Balaban J connectivity index is 2.03. The summed E-state index contributed by atoms with van der Waals surface area (Å²) in [5.41, 5.74) is 1.21. The van der Waals surface area contributed by atoms with Crippen LogP contribution in [0.25, 0.3) is 0 Å². The minimum atomic E-state index is 0.316. The van der Waals surface area contributed by atoms with Gasteiger partial charge in [0.05, 0.1) is 13.3 Å². The van der Waals surface area contributed by atoms with Crippen molar-refractivity contribution in [2.75, 3.05) is 12.4 Å². The fraction of sp³-hybridized carbons (Fsp3) is 0.357. The molecule has 1 aromatic carbocycles. The second kappa shape index (κ2) is 5.58. The smallest absolute Gasteiger partial charge is 0.124 e. The highest BCUT2D eigenvalue weighted by atomic mass is 16.5. The molecule has 0 aliphatic carbocycles. The van der Waals surface area contributed by atoms with Crippen LogP contribution in [0.1, 0.15) is 12.5 Å². The molecule has 0 saturated heterocycles. The zero-order valence-electron chi connectivity index (χ0n) is 11.1. The van der Waals surface area contributed by atoms with Gasteiger partial charge in [-0.1, -0.05) is 18.2 Å². The fourth-order valence-corrected chi connectivity index (χ4v) is 2.02. The van der Waals surface area contributed by atoms with E-state index in [2.05, 4.69) is 23.4 Å². The number of methoxy groups -OCH3 is 1. The molecule has 0 aliphatic heterocycles. The van der Waals surface area contributed by atoms with Crippen LogP contribution in [-0.2, 0) is 13.5 Å². The van der Waals surface area contributed by atoms with Crippen LogP contribution in [0.15, 0.2) is 36.5 Å². The van der Waals surface area contributed by atoms with Gasteiger partial charge < -0.3 is 10.1 Å². The van der Waals surface area contributed by atoms with Gasteiger partial charge in [-0.25, -0.2) is 0 Å². The third-order valence-electron chi connectivity index (χ3n) is 2.93. The summed E-state index contributed by atoms with van der Waals surface area (Å²) in [4.78, 5) is 0. The van der Waals surface area contributed by atoms with E-state index in [1.807, 2.05) is 36.0 Å². The summed E-state index contributed by atoms with van der Waals surface area (Å²) < 4.78 is 7.19. The number of anilines is 1. The van der Waals surface area contributed by atoms with Crippen molar-refractivity contribution in [2.45, 2.75) is 19.4 Å². The fourth-order valence-electron chi connectivity index (χ4n) is 2.02. The molecule has 4 nitrogen and oxygen atoms in total. The van der Waals surface area contributed by atoms with Gasteiger partial charge in [-0.15, -0.1) is 0 Å². The molecule has 0 radical (unpaired) electrons. The minimum Gasteiger partial charge on any atom is -0.496 e. The molecule has 0 spiro atoms. The molecule has 1 heterocycles. The van der Waals surface area contributed by atoms with E-state index in [0.717, 1.165) is 18.0 Å². The Hall–Kier alpha value is -1.97. The molecule has 4 heteroatoms. The van der Waals surface area contributed by atoms with E-state index in [4.69, 9.17) is 4.74 Å². The van der Waals surface area contributed by atoms with Gasteiger partial charge >= 0.3 is 0 Å². The molecule has 2 rings (SSSR count). The van der Waals surface area contributed by atoms with Crippen LogP contribution in [-0.4, -0.2) is 22.9 Å². The van der Waals surface area contributed by atoms with Crippen molar-refractivity contribution < 1.29 is 4.74 Å². The van der Waals surface area contributed by atoms with Crippen molar-refractivity contribution in [1.82, 2.24) is 9.78 Å². The quantitative estimate of drug-likeness (QED) is 0.879. The van der Waals surface area contributed by atoms with Crippen LogP contribution in [0.3, 0.4) is 0 Å². The van der Waals surface area contributed by atoms with Gasteiger partial charge in [-0.3, -0.25) is 4.68 Å². The molecule has 1 atom stereocenters. The lowest BCUT2D eigenvalue weighted by Gasteiger charge is -2.16. The number of para-hydroxylation sites is 1. The Morgan fingerprint density at radius 2 is 2.11 bits per heavy atom. The second-order valence-corrected chi connectivity index (χ2v) is 4.40. The summed E-state index contributed by atoms with van der Waals surface area (Å²) in [7, 11) is 3.64. The van der Waals surface area contributed by atoms with Crippen molar-refractivity contribution in [3.8, 4) is 5.75 Å². The average Bonchev–Trinajstić information content (AvgIpc) is 2.75. The van der Waals surface area contributed by atoms with Gasteiger partial charge in [0, 0.05) is 19.2 Å². The number of benzene rings is 1. The summed E-state index contributed by atoms with van der Waals surface area (Å²) in [6, 6.07) is 10.4. The lowest BCUT2D eigenvalue weighted by atomic mass is 10.1. The van der Waals surface area contributed by atoms with E-state index in [9.17, 15) is 0 Å². The third-order valence-corrected chi connectivity index (χ3v) is 2.93. The SMILES string of the molecule is COc1ccccc1C[C@@H](C)Nc1ccnn1C. The number of aryl methyl sites for hydroxylation is 1. The Kier molecular flexibility index (Phi) is 3.87. The lowest BCUT2D eigenvalue weighted by molar-refractivity contribution is 0.409. The zero-order valence-corrected chi connectivity index (χ0v) is 11.1. The molecule has 0 fully saturated rings. The van der Waals surface area contributed by atoms with Crippen molar-refractivity contribution in [3.05, 3.63) is 42.1 Å². The van der Waals surface area contributed by atoms with Crippen LogP contribution in [0.5, 0.6) is 5.75 Å². The molecular formula is C14H19N3O. The Labute approximate surface area is 108 Å². The summed E-state index contributed by atoms with van der Waals surface area (Å²) in [5.74, 6) is 1.97. The van der Waals surface area contributed by atoms with Crippen LogP contribution in [0.2, 0.25) is 0 Å². The van der Waals surface area contributed by atoms with Gasteiger partial charge in [0.15, 0.2) is 0 Å². The molecule has 0 unspecified atom stereocenters. The van der Waals surface area contributed by atoms with E-state index >= 15 is 0 Å². The largest absolute Gasteiger partial charge is 0.496 e. The molecule has 0 aliphatic rings. The first-order valence-electron chi connectivity index (χ1n) is 6.07. The molecule has 2 aromatic rings. The molecular weight excluding hydrogens is 226 g/mol. The molecule has 1 aromatic heterocycles. The highest BCUT2D eigenvalue weighted by molar-refractivity contribution is 5.38. The first kappa shape index (κ1) is 12.5. The number of hydrogen-bond acceptors (Lipinski definition) is 3. The Morgan fingerprint density at radius 1 is 1.33 bits per heavy atom. The van der Waals surface area contributed by atoms with Crippen molar-refractivity contribution in [2.24, 2.45) is 7.05 Å². The normalized spacial score (nSPS) is 12.2. The van der Waals surface area contributed by atoms with Gasteiger partial charge in [-0.2, -0.15) is 5.10 Å². The van der Waals surface area contributed by atoms with Crippen LogP contribution in [0, 0.1) is 0 Å². The Morgan fingerprint density at radius 3 is 2.78 bits per heavy atom. The minimum absolute atomic E-state index is 0.316. The molecule has 1 N–H and O–H groups in total. The number of rotatable bonds is 5. The van der Waals surface area contributed by atoms with Crippen LogP contribution >= 0.6 is 0 Å². The molecule has 0 amide bonds. The van der Waals surface area contributed by atoms with Crippen molar-refractivity contribution >= 4 is 5.82 Å². The highest BCUT2D eigenvalue weighted by Crippen LogP contribution is 2.20. The molecule has 0 bridgehead atoms.